The van der Waals surface area contributed by atoms with Crippen LogP contribution in [-0.2, 0) is 0 Å². The van der Waals surface area contributed by atoms with Gasteiger partial charge in [-0.3, -0.25) is 14.9 Å². The minimum absolute atomic E-state index is 0.159. The Labute approximate surface area is 107 Å². The van der Waals surface area contributed by atoms with Gasteiger partial charge in [0.15, 0.2) is 11.5 Å². The molecule has 0 saturated heterocycles. The molecule has 1 heterocycles. The summed E-state index contributed by atoms with van der Waals surface area (Å²) in [5.41, 5.74) is -0.251. The van der Waals surface area contributed by atoms with Crippen LogP contribution in [-0.4, -0.2) is 10.7 Å². The lowest BCUT2D eigenvalue weighted by Gasteiger charge is -1.98. The van der Waals surface area contributed by atoms with Crippen molar-refractivity contribution >= 4 is 11.5 Å². The number of benzene rings is 1. The van der Waals surface area contributed by atoms with Gasteiger partial charge in [-0.05, 0) is 24.3 Å². The molecule has 19 heavy (non-hydrogen) atoms. The Morgan fingerprint density at radius 1 is 1.37 bits per heavy atom. The van der Waals surface area contributed by atoms with Crippen molar-refractivity contribution < 1.29 is 18.5 Å². The summed E-state index contributed by atoms with van der Waals surface area (Å²) in [7, 11) is 0. The molecule has 1 aromatic heterocycles. The van der Waals surface area contributed by atoms with E-state index in [9.17, 15) is 19.3 Å². The normalized spacial score (nSPS) is 10.4. The molecule has 0 unspecified atom stereocenters. The molecule has 0 bridgehead atoms. The zero-order chi connectivity index (χ0) is 14.0. The second kappa shape index (κ2) is 5.01. The molecule has 0 fully saturated rings. The summed E-state index contributed by atoms with van der Waals surface area (Å²) < 4.78 is 18.8. The first-order chi connectivity index (χ1) is 9.02. The van der Waals surface area contributed by atoms with Gasteiger partial charge in [0.05, 0.1) is 4.92 Å². The molecule has 0 radical (unpaired) electrons. The fourth-order valence-electron chi connectivity index (χ4n) is 1.63. The summed E-state index contributed by atoms with van der Waals surface area (Å²) in [4.78, 5) is 21.1. The SMILES string of the molecule is CCC(=O)c1ccc(-c2ccc([N+](=O)[O-])c(F)c2)o1. The van der Waals surface area contributed by atoms with E-state index in [1.165, 1.54) is 18.2 Å². The summed E-state index contributed by atoms with van der Waals surface area (Å²) >= 11 is 0. The van der Waals surface area contributed by atoms with Crippen molar-refractivity contribution in [2.75, 3.05) is 0 Å². The van der Waals surface area contributed by atoms with Crippen molar-refractivity contribution in [2.24, 2.45) is 0 Å². The smallest absolute Gasteiger partial charge is 0.304 e. The Balaban J connectivity index is 2.37. The number of carbonyl (C=O) groups is 1. The highest BCUT2D eigenvalue weighted by Crippen LogP contribution is 2.27. The van der Waals surface area contributed by atoms with E-state index < -0.39 is 16.4 Å². The van der Waals surface area contributed by atoms with Crippen molar-refractivity contribution in [2.45, 2.75) is 13.3 Å². The van der Waals surface area contributed by atoms with Crippen molar-refractivity contribution in [3.8, 4) is 11.3 Å². The number of nitrogens with zero attached hydrogens (tertiary/aromatic N) is 1. The van der Waals surface area contributed by atoms with Crippen molar-refractivity contribution in [1.82, 2.24) is 0 Å². The van der Waals surface area contributed by atoms with Gasteiger partial charge in [0.2, 0.25) is 5.82 Å². The van der Waals surface area contributed by atoms with Crippen LogP contribution in [0.5, 0.6) is 0 Å². The standard InChI is InChI=1S/C13H10FNO4/c1-2-11(16)13-6-5-12(19-13)8-3-4-10(15(17)18)9(14)7-8/h3-7H,2H2,1H3. The van der Waals surface area contributed by atoms with Crippen LogP contribution < -0.4 is 0 Å². The zero-order valence-corrected chi connectivity index (χ0v) is 10.1. The number of nitro benzene ring substituents is 1. The number of Topliss-reactive ketones (excluding diaryl/α,β-unsaturated/α-hetero) is 1. The Kier molecular flexibility index (Phi) is 3.41. The van der Waals surface area contributed by atoms with Gasteiger partial charge < -0.3 is 4.42 Å². The Morgan fingerprint density at radius 3 is 2.68 bits per heavy atom. The number of halogens is 1. The molecular weight excluding hydrogens is 253 g/mol. The lowest BCUT2D eigenvalue weighted by atomic mass is 10.1. The zero-order valence-electron chi connectivity index (χ0n) is 10.1. The Morgan fingerprint density at radius 2 is 2.11 bits per heavy atom. The summed E-state index contributed by atoms with van der Waals surface area (Å²) in [6, 6.07) is 6.48. The first-order valence-corrected chi connectivity index (χ1v) is 5.60. The first kappa shape index (κ1) is 12.9. The second-order valence-corrected chi connectivity index (χ2v) is 3.86. The fraction of sp³-hybridized carbons (Fsp3) is 0.154. The number of ketones is 1. The number of rotatable bonds is 4. The highest BCUT2D eigenvalue weighted by molar-refractivity contribution is 5.93. The molecule has 1 aromatic carbocycles. The van der Waals surface area contributed by atoms with Crippen molar-refractivity contribution in [3.05, 3.63) is 52.0 Å². The van der Waals surface area contributed by atoms with Crippen LogP contribution >= 0.6 is 0 Å². The number of hydrogen-bond donors (Lipinski definition) is 0. The number of nitro groups is 1. The molecule has 0 amide bonds. The van der Waals surface area contributed by atoms with Gasteiger partial charge in [0.25, 0.3) is 0 Å². The summed E-state index contributed by atoms with van der Waals surface area (Å²) in [5, 5.41) is 10.5. The number of furan rings is 1. The van der Waals surface area contributed by atoms with Crippen molar-refractivity contribution in [3.63, 3.8) is 0 Å². The summed E-state index contributed by atoms with van der Waals surface area (Å²) in [6.07, 6.45) is 0.307. The molecule has 0 aliphatic heterocycles. The van der Waals surface area contributed by atoms with Crippen LogP contribution in [0.3, 0.4) is 0 Å². The quantitative estimate of drug-likeness (QED) is 0.480. The molecular formula is C13H10FNO4. The predicted molar refractivity (Wildman–Crippen MR) is 65.4 cm³/mol. The maximum atomic E-state index is 13.5. The van der Waals surface area contributed by atoms with Crippen LogP contribution in [0.25, 0.3) is 11.3 Å². The van der Waals surface area contributed by atoms with Gasteiger partial charge in [-0.2, -0.15) is 4.39 Å². The molecule has 98 valence electrons. The average molecular weight is 263 g/mol. The van der Waals surface area contributed by atoms with E-state index in [2.05, 4.69) is 0 Å². The predicted octanol–water partition coefficient (Wildman–Crippen LogP) is 3.59. The molecule has 0 atom stereocenters. The van der Waals surface area contributed by atoms with E-state index in [4.69, 9.17) is 4.42 Å². The average Bonchev–Trinajstić information content (AvgIpc) is 2.86. The van der Waals surface area contributed by atoms with Crippen molar-refractivity contribution in [1.29, 1.82) is 0 Å². The lowest BCUT2D eigenvalue weighted by molar-refractivity contribution is -0.387. The number of hydrogen-bond acceptors (Lipinski definition) is 4. The molecule has 5 nitrogen and oxygen atoms in total. The number of carbonyl (C=O) groups excluding carboxylic acids is 1. The van der Waals surface area contributed by atoms with E-state index in [1.807, 2.05) is 0 Å². The van der Waals surface area contributed by atoms with Gasteiger partial charge in [-0.1, -0.05) is 6.92 Å². The van der Waals surface area contributed by atoms with Gasteiger partial charge in [0, 0.05) is 18.1 Å². The van der Waals surface area contributed by atoms with E-state index >= 15 is 0 Å². The third kappa shape index (κ3) is 2.52. The highest BCUT2D eigenvalue weighted by Gasteiger charge is 2.16. The topological polar surface area (TPSA) is 73.3 Å². The molecule has 2 rings (SSSR count). The molecule has 6 heteroatoms. The van der Waals surface area contributed by atoms with Crippen LogP contribution in [0.1, 0.15) is 23.9 Å². The van der Waals surface area contributed by atoms with E-state index in [1.54, 1.807) is 6.92 Å². The monoisotopic (exact) mass is 263 g/mol. The van der Waals surface area contributed by atoms with Crippen LogP contribution in [0.4, 0.5) is 10.1 Å². The van der Waals surface area contributed by atoms with Gasteiger partial charge in [0.1, 0.15) is 5.76 Å². The summed E-state index contributed by atoms with van der Waals surface area (Å²) in [5.74, 6) is -0.613. The Bertz CT molecular complexity index is 648. The lowest BCUT2D eigenvalue weighted by Crippen LogP contribution is -1.93. The largest absolute Gasteiger partial charge is 0.453 e. The molecule has 0 aliphatic rings. The highest BCUT2D eigenvalue weighted by atomic mass is 19.1. The molecule has 0 spiro atoms. The fourth-order valence-corrected chi connectivity index (χ4v) is 1.63. The van der Waals surface area contributed by atoms with E-state index in [-0.39, 0.29) is 11.5 Å². The van der Waals surface area contributed by atoms with E-state index in [0.29, 0.717) is 17.7 Å². The molecule has 0 aliphatic carbocycles. The van der Waals surface area contributed by atoms with Crippen LogP contribution in [0, 0.1) is 15.9 Å². The summed E-state index contributed by atoms with van der Waals surface area (Å²) in [6.45, 7) is 1.70. The minimum atomic E-state index is -0.942. The van der Waals surface area contributed by atoms with Crippen LogP contribution in [0.2, 0.25) is 0 Å². The molecule has 0 saturated carbocycles. The van der Waals surface area contributed by atoms with Gasteiger partial charge in [-0.25, -0.2) is 0 Å². The molecule has 0 N–H and O–H groups in total. The third-order valence-electron chi connectivity index (χ3n) is 2.63. The first-order valence-electron chi connectivity index (χ1n) is 5.60. The second-order valence-electron chi connectivity index (χ2n) is 3.86. The minimum Gasteiger partial charge on any atom is -0.453 e. The maximum absolute atomic E-state index is 13.5. The van der Waals surface area contributed by atoms with Crippen LogP contribution in [0.15, 0.2) is 34.7 Å². The maximum Gasteiger partial charge on any atom is 0.304 e. The van der Waals surface area contributed by atoms with E-state index in [0.717, 1.165) is 12.1 Å². The van der Waals surface area contributed by atoms with Gasteiger partial charge >= 0.3 is 5.69 Å². The van der Waals surface area contributed by atoms with Gasteiger partial charge in [-0.15, -0.1) is 0 Å². The molecule has 2 aromatic rings. The third-order valence-corrected chi connectivity index (χ3v) is 2.63. The Hall–Kier alpha value is -2.50.